The molecule has 1 atom stereocenters. The third-order valence-corrected chi connectivity index (χ3v) is 2.53. The van der Waals surface area contributed by atoms with Crippen LogP contribution >= 0.6 is 11.8 Å². The molecule has 0 bridgehead atoms. The van der Waals surface area contributed by atoms with E-state index in [1.54, 1.807) is 0 Å². The zero-order valence-electron chi connectivity index (χ0n) is 7.76. The molecule has 0 aliphatic carbocycles. The Kier molecular flexibility index (Phi) is 6.77. The molecule has 66 valence electrons. The zero-order chi connectivity index (χ0) is 8.69. The lowest BCUT2D eigenvalue weighted by atomic mass is 10.3. The molecule has 0 fully saturated rings. The summed E-state index contributed by atoms with van der Waals surface area (Å²) in [6.07, 6.45) is 3.33. The molecule has 0 saturated carbocycles. The van der Waals surface area contributed by atoms with E-state index >= 15 is 0 Å². The maximum atomic E-state index is 5.75. The van der Waals surface area contributed by atoms with Gasteiger partial charge in [0, 0.05) is 17.5 Å². The van der Waals surface area contributed by atoms with Crippen molar-refractivity contribution in [3.63, 3.8) is 0 Å². The fraction of sp³-hybridized carbons (Fsp3) is 0.778. The summed E-state index contributed by atoms with van der Waals surface area (Å²) in [4.78, 5) is 0. The van der Waals surface area contributed by atoms with Gasteiger partial charge in [0.25, 0.3) is 0 Å². The number of hydrogen-bond acceptors (Lipinski definition) is 2. The first-order valence-electron chi connectivity index (χ1n) is 4.13. The van der Waals surface area contributed by atoms with Crippen molar-refractivity contribution < 1.29 is 0 Å². The fourth-order valence-corrected chi connectivity index (χ4v) is 1.69. The van der Waals surface area contributed by atoms with Crippen LogP contribution in [-0.2, 0) is 0 Å². The van der Waals surface area contributed by atoms with Crippen molar-refractivity contribution in [2.75, 3.05) is 11.5 Å². The summed E-state index contributed by atoms with van der Waals surface area (Å²) in [6, 6.07) is 0.380. The molecule has 1 nitrogen and oxygen atoms in total. The van der Waals surface area contributed by atoms with E-state index in [9.17, 15) is 0 Å². The van der Waals surface area contributed by atoms with Crippen molar-refractivity contribution in [2.24, 2.45) is 5.73 Å². The molecule has 0 aromatic carbocycles. The second kappa shape index (κ2) is 6.74. The Balaban J connectivity index is 3.21. The van der Waals surface area contributed by atoms with Crippen LogP contribution in [0.4, 0.5) is 0 Å². The molecule has 0 saturated heterocycles. The van der Waals surface area contributed by atoms with Gasteiger partial charge in [-0.2, -0.15) is 11.8 Å². The van der Waals surface area contributed by atoms with Crippen molar-refractivity contribution in [1.82, 2.24) is 0 Å². The smallest absolute Gasteiger partial charge is 0.0127 e. The minimum atomic E-state index is 0.380. The number of thioether (sulfide) groups is 1. The predicted octanol–water partition coefficient (Wildman–Crippen LogP) is 2.42. The lowest BCUT2D eigenvalue weighted by molar-refractivity contribution is 0.725. The van der Waals surface area contributed by atoms with Gasteiger partial charge < -0.3 is 5.73 Å². The van der Waals surface area contributed by atoms with E-state index in [0.717, 1.165) is 17.9 Å². The van der Waals surface area contributed by atoms with Gasteiger partial charge in [-0.05, 0) is 20.3 Å². The molecular formula is C9H19NS. The predicted molar refractivity (Wildman–Crippen MR) is 55.0 cm³/mol. The van der Waals surface area contributed by atoms with Crippen LogP contribution < -0.4 is 5.73 Å². The van der Waals surface area contributed by atoms with Crippen LogP contribution in [0.5, 0.6) is 0 Å². The molecule has 11 heavy (non-hydrogen) atoms. The highest BCUT2D eigenvalue weighted by molar-refractivity contribution is 7.99. The number of hydrogen-bond donors (Lipinski definition) is 1. The number of nitrogens with two attached hydrogens (primary N) is 1. The molecule has 0 spiro atoms. The highest BCUT2D eigenvalue weighted by Gasteiger charge is 1.96. The molecule has 0 radical (unpaired) electrons. The summed E-state index contributed by atoms with van der Waals surface area (Å²) in [5, 5.41) is 0. The van der Waals surface area contributed by atoms with E-state index in [4.69, 9.17) is 5.73 Å². The van der Waals surface area contributed by atoms with Gasteiger partial charge in [-0.15, -0.1) is 0 Å². The first-order valence-corrected chi connectivity index (χ1v) is 5.29. The standard InChI is InChI=1S/C9H19NS/c1-4-9(10)7-11-6-5-8(2)3/h5,9H,4,6-7,10H2,1-3H3. The number of rotatable bonds is 5. The van der Waals surface area contributed by atoms with Gasteiger partial charge in [0.1, 0.15) is 0 Å². The van der Waals surface area contributed by atoms with Crippen LogP contribution in [0, 0.1) is 0 Å². The van der Waals surface area contributed by atoms with E-state index in [1.807, 2.05) is 11.8 Å². The van der Waals surface area contributed by atoms with Crippen LogP contribution in [0.2, 0.25) is 0 Å². The summed E-state index contributed by atoms with van der Waals surface area (Å²) in [5.41, 5.74) is 7.14. The third-order valence-electron chi connectivity index (χ3n) is 1.47. The van der Waals surface area contributed by atoms with Crippen LogP contribution in [0.1, 0.15) is 27.2 Å². The van der Waals surface area contributed by atoms with Gasteiger partial charge in [-0.25, -0.2) is 0 Å². The second-order valence-electron chi connectivity index (χ2n) is 2.99. The van der Waals surface area contributed by atoms with Gasteiger partial charge in [-0.1, -0.05) is 18.6 Å². The maximum Gasteiger partial charge on any atom is 0.0127 e. The largest absolute Gasteiger partial charge is 0.327 e. The minimum Gasteiger partial charge on any atom is -0.327 e. The lowest BCUT2D eigenvalue weighted by Crippen LogP contribution is -2.21. The van der Waals surface area contributed by atoms with E-state index in [0.29, 0.717) is 6.04 Å². The zero-order valence-corrected chi connectivity index (χ0v) is 8.58. The molecule has 2 N–H and O–H groups in total. The minimum absolute atomic E-state index is 0.380. The van der Waals surface area contributed by atoms with Gasteiger partial charge in [-0.3, -0.25) is 0 Å². The average molecular weight is 173 g/mol. The summed E-state index contributed by atoms with van der Waals surface area (Å²) in [5.74, 6) is 2.19. The monoisotopic (exact) mass is 173 g/mol. The fourth-order valence-electron chi connectivity index (χ4n) is 0.563. The Morgan fingerprint density at radius 3 is 2.64 bits per heavy atom. The maximum absolute atomic E-state index is 5.75. The molecule has 0 heterocycles. The van der Waals surface area contributed by atoms with Crippen LogP contribution in [0.3, 0.4) is 0 Å². The van der Waals surface area contributed by atoms with Crippen molar-refractivity contribution >= 4 is 11.8 Å². The Hall–Kier alpha value is 0.0500. The Morgan fingerprint density at radius 2 is 2.18 bits per heavy atom. The van der Waals surface area contributed by atoms with Gasteiger partial charge in [0.2, 0.25) is 0 Å². The summed E-state index contributed by atoms with van der Waals surface area (Å²) >= 11 is 1.91. The molecule has 0 amide bonds. The molecule has 1 unspecified atom stereocenters. The summed E-state index contributed by atoms with van der Waals surface area (Å²) in [6.45, 7) is 6.38. The van der Waals surface area contributed by atoms with E-state index in [-0.39, 0.29) is 0 Å². The van der Waals surface area contributed by atoms with Gasteiger partial charge in [0.15, 0.2) is 0 Å². The molecule has 0 rings (SSSR count). The number of allylic oxidation sites excluding steroid dienone is 1. The molecule has 0 aromatic heterocycles. The second-order valence-corrected chi connectivity index (χ2v) is 4.06. The molecule has 2 heteroatoms. The lowest BCUT2D eigenvalue weighted by Gasteiger charge is -2.05. The Morgan fingerprint density at radius 1 is 1.55 bits per heavy atom. The SMILES string of the molecule is CCC(N)CSCC=C(C)C. The summed E-state index contributed by atoms with van der Waals surface area (Å²) < 4.78 is 0. The summed E-state index contributed by atoms with van der Waals surface area (Å²) in [7, 11) is 0. The van der Waals surface area contributed by atoms with Crippen molar-refractivity contribution in [3.05, 3.63) is 11.6 Å². The van der Waals surface area contributed by atoms with E-state index in [1.165, 1.54) is 5.57 Å². The first-order chi connectivity index (χ1) is 5.16. The van der Waals surface area contributed by atoms with Crippen LogP contribution in [0.15, 0.2) is 11.6 Å². The average Bonchev–Trinajstić information content (AvgIpc) is 1.97. The first kappa shape index (κ1) is 11.1. The molecule has 0 aliphatic heterocycles. The molecule has 0 aromatic rings. The Labute approximate surface area is 74.4 Å². The van der Waals surface area contributed by atoms with Crippen LogP contribution in [-0.4, -0.2) is 17.5 Å². The molecule has 0 aliphatic rings. The quantitative estimate of drug-likeness (QED) is 0.510. The highest BCUT2D eigenvalue weighted by Crippen LogP contribution is 2.05. The third kappa shape index (κ3) is 7.95. The molecular weight excluding hydrogens is 154 g/mol. The Bertz CT molecular complexity index is 117. The normalized spacial score (nSPS) is 12.7. The van der Waals surface area contributed by atoms with Crippen molar-refractivity contribution in [3.8, 4) is 0 Å². The van der Waals surface area contributed by atoms with Crippen molar-refractivity contribution in [2.45, 2.75) is 33.2 Å². The van der Waals surface area contributed by atoms with E-state index in [2.05, 4.69) is 26.8 Å². The van der Waals surface area contributed by atoms with Gasteiger partial charge in [0.05, 0.1) is 0 Å². The van der Waals surface area contributed by atoms with E-state index < -0.39 is 0 Å². The van der Waals surface area contributed by atoms with Crippen molar-refractivity contribution in [1.29, 1.82) is 0 Å². The highest BCUT2D eigenvalue weighted by atomic mass is 32.2. The van der Waals surface area contributed by atoms with Crippen LogP contribution in [0.25, 0.3) is 0 Å². The topological polar surface area (TPSA) is 26.0 Å². The van der Waals surface area contributed by atoms with Gasteiger partial charge >= 0.3 is 0 Å².